The third kappa shape index (κ3) is 5.04. The lowest BCUT2D eigenvalue weighted by molar-refractivity contribution is 0.122. The second-order valence-corrected chi connectivity index (χ2v) is 4.70. The van der Waals surface area contributed by atoms with Gasteiger partial charge in [0.2, 0.25) is 0 Å². The summed E-state index contributed by atoms with van der Waals surface area (Å²) in [5, 5.41) is 10.0. The van der Waals surface area contributed by atoms with Gasteiger partial charge in [-0.3, -0.25) is 0 Å². The zero-order valence-corrected chi connectivity index (χ0v) is 11.3. The van der Waals surface area contributed by atoms with E-state index in [0.29, 0.717) is 13.0 Å². The molecule has 0 bridgehead atoms. The molecule has 0 aromatic heterocycles. The Kier molecular flexibility index (Phi) is 6.12. The minimum Gasteiger partial charge on any atom is -0.491 e. The molecule has 0 radical (unpaired) electrons. The zero-order valence-electron chi connectivity index (χ0n) is 11.3. The molecule has 1 aromatic rings. The smallest absolute Gasteiger partial charge is 0.119 e. The second kappa shape index (κ2) is 7.36. The summed E-state index contributed by atoms with van der Waals surface area (Å²) < 4.78 is 10.5. The van der Waals surface area contributed by atoms with Crippen molar-refractivity contribution in [3.05, 3.63) is 29.8 Å². The maximum absolute atomic E-state index is 10.0. The van der Waals surface area contributed by atoms with Gasteiger partial charge in [-0.2, -0.15) is 0 Å². The van der Waals surface area contributed by atoms with Crippen LogP contribution >= 0.6 is 0 Å². The number of aliphatic hydroxyl groups excluding tert-OH is 1. The minimum atomic E-state index is -0.566. The SMILES string of the molecule is COCC(N)CC(O)c1ccc(OC(C)C)cc1. The largest absolute Gasteiger partial charge is 0.491 e. The fraction of sp³-hybridized carbons (Fsp3) is 0.571. The van der Waals surface area contributed by atoms with Gasteiger partial charge in [0, 0.05) is 13.2 Å². The molecule has 102 valence electrons. The molecular weight excluding hydrogens is 230 g/mol. The van der Waals surface area contributed by atoms with Crippen molar-refractivity contribution in [2.24, 2.45) is 5.73 Å². The number of aliphatic hydroxyl groups is 1. The molecule has 0 aliphatic carbocycles. The lowest BCUT2D eigenvalue weighted by Gasteiger charge is -2.17. The third-order valence-electron chi connectivity index (χ3n) is 2.54. The van der Waals surface area contributed by atoms with E-state index in [1.807, 2.05) is 38.1 Å². The third-order valence-corrected chi connectivity index (χ3v) is 2.54. The number of benzene rings is 1. The van der Waals surface area contributed by atoms with Crippen LogP contribution in [0.1, 0.15) is 31.9 Å². The van der Waals surface area contributed by atoms with Crippen LogP contribution in [0.3, 0.4) is 0 Å². The van der Waals surface area contributed by atoms with Crippen LogP contribution in [0.4, 0.5) is 0 Å². The molecule has 0 spiro atoms. The monoisotopic (exact) mass is 253 g/mol. The normalized spacial score (nSPS) is 14.6. The summed E-state index contributed by atoms with van der Waals surface area (Å²) in [6.45, 7) is 4.41. The van der Waals surface area contributed by atoms with Crippen LogP contribution in [0.25, 0.3) is 0 Å². The van der Waals surface area contributed by atoms with E-state index in [2.05, 4.69) is 0 Å². The van der Waals surface area contributed by atoms with E-state index in [1.165, 1.54) is 0 Å². The molecule has 3 N–H and O–H groups in total. The van der Waals surface area contributed by atoms with E-state index in [1.54, 1.807) is 7.11 Å². The highest BCUT2D eigenvalue weighted by molar-refractivity contribution is 5.28. The van der Waals surface area contributed by atoms with Crippen molar-refractivity contribution in [1.29, 1.82) is 0 Å². The quantitative estimate of drug-likeness (QED) is 0.778. The Morgan fingerprint density at radius 2 is 1.83 bits per heavy atom. The van der Waals surface area contributed by atoms with Crippen LogP contribution in [0.5, 0.6) is 5.75 Å². The molecule has 1 rings (SSSR count). The van der Waals surface area contributed by atoms with Gasteiger partial charge in [0.15, 0.2) is 0 Å². The Hall–Kier alpha value is -1.10. The molecule has 0 amide bonds. The standard InChI is InChI=1S/C14H23NO3/c1-10(2)18-13-6-4-11(5-7-13)14(16)8-12(15)9-17-3/h4-7,10,12,14,16H,8-9,15H2,1-3H3. The van der Waals surface area contributed by atoms with Gasteiger partial charge in [-0.1, -0.05) is 12.1 Å². The molecule has 18 heavy (non-hydrogen) atoms. The first-order valence-corrected chi connectivity index (χ1v) is 6.22. The first-order valence-electron chi connectivity index (χ1n) is 6.22. The van der Waals surface area contributed by atoms with Crippen LogP contribution in [-0.4, -0.2) is 31.0 Å². The highest BCUT2D eigenvalue weighted by atomic mass is 16.5. The van der Waals surface area contributed by atoms with Crippen LogP contribution in [0.15, 0.2) is 24.3 Å². The molecule has 4 nitrogen and oxygen atoms in total. The van der Waals surface area contributed by atoms with Crippen molar-refractivity contribution in [3.63, 3.8) is 0 Å². The summed E-state index contributed by atoms with van der Waals surface area (Å²) in [6, 6.07) is 7.29. The molecule has 2 unspecified atom stereocenters. The van der Waals surface area contributed by atoms with Crippen LogP contribution in [0, 0.1) is 0 Å². The maximum atomic E-state index is 10.0. The maximum Gasteiger partial charge on any atom is 0.119 e. The predicted octanol–water partition coefficient (Wildman–Crippen LogP) is 1.87. The van der Waals surface area contributed by atoms with Gasteiger partial charge in [0.05, 0.1) is 18.8 Å². The molecular formula is C14H23NO3. The number of nitrogens with two attached hydrogens (primary N) is 1. The Bertz CT molecular complexity index is 337. The molecule has 0 aliphatic rings. The lowest BCUT2D eigenvalue weighted by atomic mass is 10.0. The fourth-order valence-corrected chi connectivity index (χ4v) is 1.75. The molecule has 2 atom stereocenters. The van der Waals surface area contributed by atoms with Crippen molar-refractivity contribution in [2.45, 2.75) is 38.5 Å². The first-order chi connectivity index (χ1) is 8.52. The van der Waals surface area contributed by atoms with Crippen LogP contribution in [-0.2, 0) is 4.74 Å². The Labute approximate surface area is 109 Å². The Morgan fingerprint density at radius 3 is 2.33 bits per heavy atom. The van der Waals surface area contributed by atoms with E-state index in [9.17, 15) is 5.11 Å². The summed E-state index contributed by atoms with van der Waals surface area (Å²) >= 11 is 0. The molecule has 0 heterocycles. The van der Waals surface area contributed by atoms with Crippen molar-refractivity contribution >= 4 is 0 Å². The first kappa shape index (κ1) is 15.0. The number of ether oxygens (including phenoxy) is 2. The number of rotatable bonds is 7. The second-order valence-electron chi connectivity index (χ2n) is 4.70. The topological polar surface area (TPSA) is 64.7 Å². The van der Waals surface area contributed by atoms with Gasteiger partial charge < -0.3 is 20.3 Å². The molecule has 0 aliphatic heterocycles. The Morgan fingerprint density at radius 1 is 1.22 bits per heavy atom. The summed E-state index contributed by atoms with van der Waals surface area (Å²) in [7, 11) is 1.60. The fourth-order valence-electron chi connectivity index (χ4n) is 1.75. The summed E-state index contributed by atoms with van der Waals surface area (Å²) in [5.41, 5.74) is 6.65. The lowest BCUT2D eigenvalue weighted by Crippen LogP contribution is -2.27. The molecule has 0 saturated heterocycles. The molecule has 0 saturated carbocycles. The van der Waals surface area contributed by atoms with E-state index in [-0.39, 0.29) is 12.1 Å². The van der Waals surface area contributed by atoms with Gasteiger partial charge >= 0.3 is 0 Å². The highest BCUT2D eigenvalue weighted by Gasteiger charge is 2.12. The van der Waals surface area contributed by atoms with Gasteiger partial charge in [0.1, 0.15) is 5.75 Å². The zero-order chi connectivity index (χ0) is 13.5. The summed E-state index contributed by atoms with van der Waals surface area (Å²) in [4.78, 5) is 0. The average Bonchev–Trinajstić information content (AvgIpc) is 2.29. The van der Waals surface area contributed by atoms with E-state index < -0.39 is 6.10 Å². The van der Waals surface area contributed by atoms with Gasteiger partial charge in [-0.15, -0.1) is 0 Å². The van der Waals surface area contributed by atoms with Crippen LogP contribution < -0.4 is 10.5 Å². The average molecular weight is 253 g/mol. The number of methoxy groups -OCH3 is 1. The molecule has 1 aromatic carbocycles. The summed E-state index contributed by atoms with van der Waals surface area (Å²) in [6.07, 6.45) is 0.0669. The minimum absolute atomic E-state index is 0.149. The van der Waals surface area contributed by atoms with E-state index in [4.69, 9.17) is 15.2 Å². The van der Waals surface area contributed by atoms with Crippen molar-refractivity contribution in [1.82, 2.24) is 0 Å². The molecule has 4 heteroatoms. The van der Waals surface area contributed by atoms with E-state index >= 15 is 0 Å². The Balaban J connectivity index is 2.55. The van der Waals surface area contributed by atoms with Crippen LogP contribution in [0.2, 0.25) is 0 Å². The number of hydrogen-bond donors (Lipinski definition) is 2. The van der Waals surface area contributed by atoms with Crippen molar-refractivity contribution in [2.75, 3.05) is 13.7 Å². The van der Waals surface area contributed by atoms with Gasteiger partial charge in [-0.05, 0) is 38.0 Å². The summed E-state index contributed by atoms with van der Waals surface area (Å²) in [5.74, 6) is 0.808. The van der Waals surface area contributed by atoms with Crippen molar-refractivity contribution in [3.8, 4) is 5.75 Å². The predicted molar refractivity (Wildman–Crippen MR) is 71.6 cm³/mol. The molecule has 0 fully saturated rings. The number of hydrogen-bond acceptors (Lipinski definition) is 4. The highest BCUT2D eigenvalue weighted by Crippen LogP contribution is 2.21. The van der Waals surface area contributed by atoms with Crippen molar-refractivity contribution < 1.29 is 14.6 Å². The van der Waals surface area contributed by atoms with E-state index in [0.717, 1.165) is 11.3 Å². The van der Waals surface area contributed by atoms with Gasteiger partial charge in [0.25, 0.3) is 0 Å². The van der Waals surface area contributed by atoms with Gasteiger partial charge in [-0.25, -0.2) is 0 Å².